The van der Waals surface area contributed by atoms with Crippen molar-refractivity contribution in [2.75, 3.05) is 19.6 Å². The molecule has 92 valence electrons. The summed E-state index contributed by atoms with van der Waals surface area (Å²) in [6.07, 6.45) is 4.11. The third-order valence-electron chi connectivity index (χ3n) is 2.62. The van der Waals surface area contributed by atoms with Crippen molar-refractivity contribution in [1.29, 1.82) is 0 Å². The molecule has 0 fully saturated rings. The molecule has 0 bridgehead atoms. The van der Waals surface area contributed by atoms with Gasteiger partial charge in [0.2, 0.25) is 5.89 Å². The highest BCUT2D eigenvalue weighted by molar-refractivity contribution is 5.90. The number of rotatable bonds is 4. The monoisotopic (exact) mass is 236 g/mol. The topological polar surface area (TPSA) is 80.0 Å². The van der Waals surface area contributed by atoms with Crippen LogP contribution >= 0.6 is 0 Å². The average Bonchev–Trinajstić information content (AvgIpc) is 2.77. The predicted octanol–water partition coefficient (Wildman–Crippen LogP) is 0.418. The maximum atomic E-state index is 11.6. The molecule has 0 aromatic carbocycles. The summed E-state index contributed by atoms with van der Waals surface area (Å²) in [6, 6.07) is 0. The van der Waals surface area contributed by atoms with Gasteiger partial charge in [-0.2, -0.15) is 4.98 Å². The van der Waals surface area contributed by atoms with Gasteiger partial charge in [0.15, 0.2) is 0 Å². The summed E-state index contributed by atoms with van der Waals surface area (Å²) in [5.41, 5.74) is 1.38. The Kier molecular flexibility index (Phi) is 3.87. The molecule has 2 rings (SSSR count). The molecule has 1 aliphatic rings. The first-order valence-electron chi connectivity index (χ1n) is 5.73. The van der Waals surface area contributed by atoms with Crippen molar-refractivity contribution < 1.29 is 9.32 Å². The van der Waals surface area contributed by atoms with Crippen LogP contribution in [-0.4, -0.2) is 35.7 Å². The molecule has 17 heavy (non-hydrogen) atoms. The van der Waals surface area contributed by atoms with Gasteiger partial charge >= 0.3 is 0 Å². The summed E-state index contributed by atoms with van der Waals surface area (Å²) in [6.45, 7) is 4.21. The van der Waals surface area contributed by atoms with Gasteiger partial charge in [-0.15, -0.1) is 0 Å². The fourth-order valence-electron chi connectivity index (χ4n) is 1.70. The smallest absolute Gasteiger partial charge is 0.292 e. The quantitative estimate of drug-likeness (QED) is 0.740. The summed E-state index contributed by atoms with van der Waals surface area (Å²) < 4.78 is 4.74. The number of carbonyl (C=O) groups is 1. The zero-order valence-electron chi connectivity index (χ0n) is 9.82. The number of nitrogens with one attached hydrogen (secondary N) is 2. The lowest BCUT2D eigenvalue weighted by atomic mass is 10.1. The van der Waals surface area contributed by atoms with E-state index >= 15 is 0 Å². The standard InChI is InChI=1S/C11H16N4O2/c1-8-14-10(15-17-8)11(16)13-7-4-9-2-5-12-6-3-9/h2,12H,3-7H2,1H3,(H,13,16). The molecule has 2 N–H and O–H groups in total. The molecule has 1 aromatic rings. The molecule has 2 heterocycles. The summed E-state index contributed by atoms with van der Waals surface area (Å²) in [4.78, 5) is 15.4. The van der Waals surface area contributed by atoms with E-state index in [-0.39, 0.29) is 11.7 Å². The SMILES string of the molecule is Cc1nc(C(=O)NCCC2=CCNCC2)no1. The van der Waals surface area contributed by atoms with E-state index in [1.54, 1.807) is 6.92 Å². The van der Waals surface area contributed by atoms with Gasteiger partial charge in [-0.25, -0.2) is 0 Å². The molecule has 0 spiro atoms. The Morgan fingerprint density at radius 1 is 1.65 bits per heavy atom. The average molecular weight is 236 g/mol. The lowest BCUT2D eigenvalue weighted by Crippen LogP contribution is -2.27. The molecule has 0 saturated heterocycles. The summed E-state index contributed by atoms with van der Waals surface area (Å²) in [5.74, 6) is 0.217. The molecular formula is C11H16N4O2. The third-order valence-corrected chi connectivity index (χ3v) is 2.62. The fourth-order valence-corrected chi connectivity index (χ4v) is 1.70. The van der Waals surface area contributed by atoms with Crippen molar-refractivity contribution in [1.82, 2.24) is 20.8 Å². The van der Waals surface area contributed by atoms with Crippen LogP contribution in [0.25, 0.3) is 0 Å². The second-order valence-electron chi connectivity index (χ2n) is 3.96. The minimum absolute atomic E-state index is 0.0989. The zero-order chi connectivity index (χ0) is 12.1. The lowest BCUT2D eigenvalue weighted by Gasteiger charge is -2.13. The molecule has 6 nitrogen and oxygen atoms in total. The minimum atomic E-state index is -0.281. The van der Waals surface area contributed by atoms with E-state index in [9.17, 15) is 4.79 Å². The van der Waals surface area contributed by atoms with Gasteiger partial charge in [0, 0.05) is 20.0 Å². The van der Waals surface area contributed by atoms with Crippen LogP contribution in [0.1, 0.15) is 29.4 Å². The van der Waals surface area contributed by atoms with Crippen molar-refractivity contribution in [3.05, 3.63) is 23.4 Å². The fraction of sp³-hybridized carbons (Fsp3) is 0.545. The highest BCUT2D eigenvalue weighted by Crippen LogP contribution is 2.07. The van der Waals surface area contributed by atoms with Crippen molar-refractivity contribution in [2.24, 2.45) is 0 Å². The first-order chi connectivity index (χ1) is 8.25. The first kappa shape index (κ1) is 11.8. The van der Waals surface area contributed by atoms with Crippen molar-refractivity contribution in [2.45, 2.75) is 19.8 Å². The van der Waals surface area contributed by atoms with Gasteiger partial charge < -0.3 is 15.2 Å². The Morgan fingerprint density at radius 2 is 2.53 bits per heavy atom. The maximum absolute atomic E-state index is 11.6. The normalized spacial score (nSPS) is 15.5. The van der Waals surface area contributed by atoms with Crippen LogP contribution in [-0.2, 0) is 0 Å². The number of hydrogen-bond donors (Lipinski definition) is 2. The first-order valence-corrected chi connectivity index (χ1v) is 5.73. The highest BCUT2D eigenvalue weighted by Gasteiger charge is 2.12. The zero-order valence-corrected chi connectivity index (χ0v) is 9.82. The number of nitrogens with zero attached hydrogens (tertiary/aromatic N) is 2. The van der Waals surface area contributed by atoms with Gasteiger partial charge in [-0.1, -0.05) is 16.8 Å². The Hall–Kier alpha value is -1.69. The highest BCUT2D eigenvalue weighted by atomic mass is 16.5. The molecule has 6 heteroatoms. The number of amides is 1. The van der Waals surface area contributed by atoms with Crippen LogP contribution in [0, 0.1) is 6.92 Å². The number of aryl methyl sites for hydroxylation is 1. The second-order valence-corrected chi connectivity index (χ2v) is 3.96. The number of hydrogen-bond acceptors (Lipinski definition) is 5. The Labute approximate surface area is 99.5 Å². The molecular weight excluding hydrogens is 220 g/mol. The van der Waals surface area contributed by atoms with Crippen molar-refractivity contribution in [3.63, 3.8) is 0 Å². The molecule has 1 aromatic heterocycles. The van der Waals surface area contributed by atoms with Crippen LogP contribution in [0.2, 0.25) is 0 Å². The van der Waals surface area contributed by atoms with E-state index in [2.05, 4.69) is 26.9 Å². The molecule has 0 radical (unpaired) electrons. The Balaban J connectivity index is 1.75. The van der Waals surface area contributed by atoms with Crippen LogP contribution < -0.4 is 10.6 Å². The number of aromatic nitrogens is 2. The van der Waals surface area contributed by atoms with E-state index in [1.165, 1.54) is 5.57 Å². The van der Waals surface area contributed by atoms with E-state index in [1.807, 2.05) is 0 Å². The molecule has 0 atom stereocenters. The van der Waals surface area contributed by atoms with E-state index in [4.69, 9.17) is 4.52 Å². The van der Waals surface area contributed by atoms with Gasteiger partial charge in [0.25, 0.3) is 11.7 Å². The van der Waals surface area contributed by atoms with Crippen LogP contribution in [0.4, 0.5) is 0 Å². The summed E-state index contributed by atoms with van der Waals surface area (Å²) in [5, 5.41) is 9.58. The summed E-state index contributed by atoms with van der Waals surface area (Å²) in [7, 11) is 0. The molecule has 0 unspecified atom stereocenters. The second kappa shape index (κ2) is 5.58. The summed E-state index contributed by atoms with van der Waals surface area (Å²) >= 11 is 0. The van der Waals surface area contributed by atoms with E-state index < -0.39 is 0 Å². The van der Waals surface area contributed by atoms with Gasteiger partial charge in [0.05, 0.1) is 0 Å². The number of carbonyl (C=O) groups excluding carboxylic acids is 1. The van der Waals surface area contributed by atoms with E-state index in [0.717, 1.165) is 25.9 Å². The lowest BCUT2D eigenvalue weighted by molar-refractivity contribution is 0.0940. The maximum Gasteiger partial charge on any atom is 0.292 e. The van der Waals surface area contributed by atoms with Gasteiger partial charge in [-0.05, 0) is 19.4 Å². The van der Waals surface area contributed by atoms with Crippen molar-refractivity contribution >= 4 is 5.91 Å². The van der Waals surface area contributed by atoms with Crippen LogP contribution in [0.5, 0.6) is 0 Å². The van der Waals surface area contributed by atoms with Gasteiger partial charge in [-0.3, -0.25) is 4.79 Å². The van der Waals surface area contributed by atoms with Crippen LogP contribution in [0.3, 0.4) is 0 Å². The molecule has 1 aliphatic heterocycles. The largest absolute Gasteiger partial charge is 0.349 e. The Bertz CT molecular complexity index is 425. The van der Waals surface area contributed by atoms with E-state index in [0.29, 0.717) is 12.4 Å². The third kappa shape index (κ3) is 3.39. The molecule has 0 saturated carbocycles. The molecule has 1 amide bonds. The Morgan fingerprint density at radius 3 is 3.18 bits per heavy atom. The predicted molar refractivity (Wildman–Crippen MR) is 61.6 cm³/mol. The van der Waals surface area contributed by atoms with Crippen molar-refractivity contribution in [3.8, 4) is 0 Å². The van der Waals surface area contributed by atoms with Crippen LogP contribution in [0.15, 0.2) is 16.2 Å². The molecule has 0 aliphatic carbocycles. The van der Waals surface area contributed by atoms with Gasteiger partial charge in [0.1, 0.15) is 0 Å². The minimum Gasteiger partial charge on any atom is -0.349 e.